The molecule has 0 amide bonds. The van der Waals surface area contributed by atoms with Crippen molar-refractivity contribution in [2.75, 3.05) is 36.4 Å². The normalized spacial score (nSPS) is 14.3. The van der Waals surface area contributed by atoms with Crippen LogP contribution in [0.3, 0.4) is 0 Å². The number of carboxylic acid groups (broad SMARTS) is 1. The summed E-state index contributed by atoms with van der Waals surface area (Å²) in [5.74, 6) is -0.152. The number of anilines is 2. The molecule has 1 heterocycles. The Labute approximate surface area is 192 Å². The Kier molecular flexibility index (Phi) is 6.92. The highest BCUT2D eigenvalue weighted by Crippen LogP contribution is 2.20. The van der Waals surface area contributed by atoms with Gasteiger partial charge in [-0.15, -0.1) is 0 Å². The molecular weight excluding hydrogens is 424 g/mol. The summed E-state index contributed by atoms with van der Waals surface area (Å²) in [6, 6.07) is 24.8. The van der Waals surface area contributed by atoms with Gasteiger partial charge >= 0.3 is 5.97 Å². The van der Waals surface area contributed by atoms with Crippen molar-refractivity contribution in [3.8, 4) is 0 Å². The summed E-state index contributed by atoms with van der Waals surface area (Å²) in [6.07, 6.45) is 0. The van der Waals surface area contributed by atoms with E-state index in [-0.39, 0.29) is 5.56 Å². The van der Waals surface area contributed by atoms with Crippen molar-refractivity contribution in [1.29, 1.82) is 0 Å². The van der Waals surface area contributed by atoms with Crippen molar-refractivity contribution in [2.24, 2.45) is 4.99 Å². The van der Waals surface area contributed by atoms with Crippen molar-refractivity contribution in [3.05, 3.63) is 95.0 Å². The summed E-state index contributed by atoms with van der Waals surface area (Å²) in [7, 11) is 0. The molecule has 0 radical (unpaired) electrons. The molecule has 0 unspecified atom stereocenters. The molecule has 0 spiro atoms. The Bertz CT molecular complexity index is 1060. The van der Waals surface area contributed by atoms with Gasteiger partial charge in [0.15, 0.2) is 5.96 Å². The van der Waals surface area contributed by atoms with Crippen LogP contribution in [-0.2, 0) is 6.54 Å². The number of aliphatic imine (C=N–C) groups is 1. The first kappa shape index (κ1) is 21.7. The third-order valence-corrected chi connectivity index (χ3v) is 5.67. The molecule has 1 aliphatic rings. The third-order valence-electron chi connectivity index (χ3n) is 5.41. The van der Waals surface area contributed by atoms with Crippen molar-refractivity contribution >= 4 is 34.9 Å². The first-order valence-corrected chi connectivity index (χ1v) is 10.9. The van der Waals surface area contributed by atoms with Crippen LogP contribution in [0.15, 0.2) is 83.9 Å². The molecule has 3 aromatic rings. The average Bonchev–Trinajstić information content (AvgIpc) is 2.83. The molecule has 3 aromatic carbocycles. The molecule has 4 rings (SSSR count). The van der Waals surface area contributed by atoms with Gasteiger partial charge in [0.25, 0.3) is 0 Å². The van der Waals surface area contributed by atoms with Gasteiger partial charge in [-0.3, -0.25) is 0 Å². The Hall–Kier alpha value is -3.51. The number of carboxylic acids is 1. The zero-order valence-corrected chi connectivity index (χ0v) is 18.4. The van der Waals surface area contributed by atoms with E-state index >= 15 is 0 Å². The van der Waals surface area contributed by atoms with Crippen LogP contribution in [0, 0.1) is 0 Å². The average molecular weight is 449 g/mol. The van der Waals surface area contributed by atoms with Crippen LogP contribution in [0.1, 0.15) is 15.9 Å². The minimum absolute atomic E-state index is 0.259. The molecule has 1 saturated heterocycles. The zero-order valence-electron chi connectivity index (χ0n) is 17.6. The molecular formula is C25H25ClN4O2. The van der Waals surface area contributed by atoms with Gasteiger partial charge in [0.1, 0.15) is 0 Å². The minimum atomic E-state index is -0.937. The van der Waals surface area contributed by atoms with Gasteiger partial charge in [0.2, 0.25) is 0 Å². The fourth-order valence-electron chi connectivity index (χ4n) is 3.62. The van der Waals surface area contributed by atoms with Crippen LogP contribution in [0.25, 0.3) is 0 Å². The molecule has 0 aromatic heterocycles. The largest absolute Gasteiger partial charge is 0.478 e. The van der Waals surface area contributed by atoms with Gasteiger partial charge in [-0.1, -0.05) is 41.9 Å². The number of piperazine rings is 1. The summed E-state index contributed by atoms with van der Waals surface area (Å²) in [6.45, 7) is 3.93. The Balaban J connectivity index is 1.48. The van der Waals surface area contributed by atoms with E-state index in [1.807, 2.05) is 42.5 Å². The predicted molar refractivity (Wildman–Crippen MR) is 130 cm³/mol. The monoisotopic (exact) mass is 448 g/mol. The number of rotatable bonds is 5. The van der Waals surface area contributed by atoms with Crippen molar-refractivity contribution in [1.82, 2.24) is 4.90 Å². The van der Waals surface area contributed by atoms with E-state index in [0.717, 1.165) is 54.1 Å². The number of nitrogens with one attached hydrogen (secondary N) is 1. The van der Waals surface area contributed by atoms with Crippen LogP contribution >= 0.6 is 11.6 Å². The molecule has 0 atom stereocenters. The number of nitrogens with zero attached hydrogens (tertiary/aromatic N) is 3. The van der Waals surface area contributed by atoms with Gasteiger partial charge in [0.05, 0.1) is 12.1 Å². The lowest BCUT2D eigenvalue weighted by molar-refractivity contribution is 0.0697. The summed E-state index contributed by atoms with van der Waals surface area (Å²) in [4.78, 5) is 20.6. The standard InChI is InChI=1S/C25H25ClN4O2/c26-21-8-12-23(13-9-21)29-14-16-30(17-15-29)25(27-18-19-4-2-1-3-5-19)28-22-10-6-20(7-11-22)24(31)32/h1-13H,14-18H2,(H,27,28)(H,31,32). The van der Waals surface area contributed by atoms with Gasteiger partial charge in [-0.25, -0.2) is 9.79 Å². The van der Waals surface area contributed by atoms with Gasteiger partial charge < -0.3 is 20.2 Å². The highest BCUT2D eigenvalue weighted by molar-refractivity contribution is 6.30. The van der Waals surface area contributed by atoms with Crippen molar-refractivity contribution in [3.63, 3.8) is 0 Å². The first-order valence-electron chi connectivity index (χ1n) is 10.5. The minimum Gasteiger partial charge on any atom is -0.478 e. The van der Waals surface area contributed by atoms with E-state index < -0.39 is 5.97 Å². The maximum atomic E-state index is 11.1. The molecule has 32 heavy (non-hydrogen) atoms. The second-order valence-electron chi connectivity index (χ2n) is 7.58. The Morgan fingerprint density at radius 1 is 0.906 bits per heavy atom. The van der Waals surface area contributed by atoms with E-state index in [2.05, 4.69) is 27.2 Å². The number of hydrogen-bond donors (Lipinski definition) is 2. The van der Waals surface area contributed by atoms with Crippen molar-refractivity contribution in [2.45, 2.75) is 6.54 Å². The number of guanidine groups is 1. The highest BCUT2D eigenvalue weighted by atomic mass is 35.5. The molecule has 1 fully saturated rings. The Morgan fingerprint density at radius 2 is 1.56 bits per heavy atom. The van der Waals surface area contributed by atoms with Gasteiger partial charge in [-0.2, -0.15) is 0 Å². The van der Waals surface area contributed by atoms with Gasteiger partial charge in [-0.05, 0) is 54.1 Å². The lowest BCUT2D eigenvalue weighted by Crippen LogP contribution is -2.50. The SMILES string of the molecule is O=C(O)c1ccc(NC(=NCc2ccccc2)N2CCN(c3ccc(Cl)cc3)CC2)cc1. The van der Waals surface area contributed by atoms with Crippen molar-refractivity contribution < 1.29 is 9.90 Å². The molecule has 0 bridgehead atoms. The molecule has 1 aliphatic heterocycles. The number of benzene rings is 3. The number of halogens is 1. The fourth-order valence-corrected chi connectivity index (χ4v) is 3.75. The predicted octanol–water partition coefficient (Wildman–Crippen LogP) is 4.83. The smallest absolute Gasteiger partial charge is 0.335 e. The third kappa shape index (κ3) is 5.59. The van der Waals surface area contributed by atoms with E-state index in [4.69, 9.17) is 21.7 Å². The summed E-state index contributed by atoms with van der Waals surface area (Å²) >= 11 is 6.02. The highest BCUT2D eigenvalue weighted by Gasteiger charge is 2.20. The van der Waals surface area contributed by atoms with E-state index in [0.29, 0.717) is 6.54 Å². The quantitative estimate of drug-likeness (QED) is 0.432. The number of carbonyl (C=O) groups is 1. The van der Waals surface area contributed by atoms with Crippen LogP contribution < -0.4 is 10.2 Å². The summed E-state index contributed by atoms with van der Waals surface area (Å²) in [5.41, 5.74) is 3.36. The Morgan fingerprint density at radius 3 is 2.19 bits per heavy atom. The molecule has 2 N–H and O–H groups in total. The zero-order chi connectivity index (χ0) is 22.3. The molecule has 0 saturated carbocycles. The van der Waals surface area contributed by atoms with E-state index in [1.165, 1.54) is 0 Å². The summed E-state index contributed by atoms with van der Waals surface area (Å²) < 4.78 is 0. The second-order valence-corrected chi connectivity index (χ2v) is 8.02. The molecule has 0 aliphatic carbocycles. The fraction of sp³-hybridized carbons (Fsp3) is 0.200. The lowest BCUT2D eigenvalue weighted by atomic mass is 10.2. The molecule has 7 heteroatoms. The van der Waals surface area contributed by atoms with Crippen LogP contribution in [0.4, 0.5) is 11.4 Å². The maximum Gasteiger partial charge on any atom is 0.335 e. The summed E-state index contributed by atoms with van der Waals surface area (Å²) in [5, 5.41) is 13.3. The van der Waals surface area contributed by atoms with E-state index in [1.54, 1.807) is 24.3 Å². The number of hydrogen-bond acceptors (Lipinski definition) is 3. The maximum absolute atomic E-state index is 11.1. The molecule has 164 valence electrons. The van der Waals surface area contributed by atoms with Gasteiger partial charge in [0, 0.05) is 42.6 Å². The van der Waals surface area contributed by atoms with Crippen LogP contribution in [-0.4, -0.2) is 48.1 Å². The number of aromatic carboxylic acids is 1. The van der Waals surface area contributed by atoms with E-state index in [9.17, 15) is 4.79 Å². The van der Waals surface area contributed by atoms with Crippen LogP contribution in [0.5, 0.6) is 0 Å². The van der Waals surface area contributed by atoms with Crippen LogP contribution in [0.2, 0.25) is 5.02 Å². The first-order chi connectivity index (χ1) is 15.6. The second kappa shape index (κ2) is 10.2. The topological polar surface area (TPSA) is 68.2 Å². The lowest BCUT2D eigenvalue weighted by Gasteiger charge is -2.37. The molecule has 6 nitrogen and oxygen atoms in total.